The first-order valence-corrected chi connectivity index (χ1v) is 14.1. The molecule has 0 spiro atoms. The number of piperidine rings is 1. The van der Waals surface area contributed by atoms with Crippen LogP contribution in [0.2, 0.25) is 0 Å². The van der Waals surface area contributed by atoms with Gasteiger partial charge in [-0.25, -0.2) is 0 Å². The summed E-state index contributed by atoms with van der Waals surface area (Å²) in [5, 5.41) is 63.8. The zero-order chi connectivity index (χ0) is 30.6. The van der Waals surface area contributed by atoms with Crippen LogP contribution >= 0.6 is 0 Å². The Morgan fingerprint density at radius 3 is 1.82 bits per heavy atom. The number of benzene rings is 3. The molecule has 14 heteroatoms. The lowest BCUT2D eigenvalue weighted by Gasteiger charge is -2.32. The monoisotopic (exact) mass is 593 g/mol. The Kier molecular flexibility index (Phi) is 8.06. The molecule has 2 aromatic heterocycles. The standard InChI is InChI=1S/C30H31N11O3/c1-19-33-35-37-40(19)31-17-21-6-8-28(43)26(14-21)30(23-4-3-5-24(16-23)39-12-10-25(42)11-13-39)27-15-22(7-9-29(27)44)18-32-41-20(2)34-36-38-41/h3-9,14-18,25,30,42-44H,10-13H2,1-2H3/b31-17+,32-18+. The van der Waals surface area contributed by atoms with Gasteiger partial charge in [-0.1, -0.05) is 12.1 Å². The predicted molar refractivity (Wildman–Crippen MR) is 162 cm³/mol. The fourth-order valence-electron chi connectivity index (χ4n) is 5.23. The van der Waals surface area contributed by atoms with Crippen molar-refractivity contribution in [1.82, 2.24) is 40.6 Å². The summed E-state index contributed by atoms with van der Waals surface area (Å²) in [6.07, 6.45) is 4.31. The second kappa shape index (κ2) is 12.4. The topological polar surface area (TPSA) is 176 Å². The summed E-state index contributed by atoms with van der Waals surface area (Å²) in [4.78, 5) is 4.86. The summed E-state index contributed by atoms with van der Waals surface area (Å²) in [6, 6.07) is 18.4. The molecule has 0 amide bonds. The van der Waals surface area contributed by atoms with Crippen LogP contribution in [0.15, 0.2) is 70.9 Å². The first kappa shape index (κ1) is 28.6. The van der Waals surface area contributed by atoms with E-state index in [4.69, 9.17) is 0 Å². The average molecular weight is 594 g/mol. The normalized spacial score (nSPS) is 14.4. The Balaban J connectivity index is 1.45. The number of aromatic nitrogens is 8. The Morgan fingerprint density at radius 1 is 0.773 bits per heavy atom. The Morgan fingerprint density at radius 2 is 1.32 bits per heavy atom. The molecule has 1 aliphatic heterocycles. The molecule has 0 bridgehead atoms. The van der Waals surface area contributed by atoms with Crippen LogP contribution in [0.5, 0.6) is 11.5 Å². The van der Waals surface area contributed by atoms with Crippen molar-refractivity contribution in [3.8, 4) is 11.5 Å². The van der Waals surface area contributed by atoms with Gasteiger partial charge in [-0.2, -0.15) is 10.2 Å². The van der Waals surface area contributed by atoms with Crippen molar-refractivity contribution in [3.63, 3.8) is 0 Å². The van der Waals surface area contributed by atoms with Crippen molar-refractivity contribution in [2.75, 3.05) is 18.0 Å². The van der Waals surface area contributed by atoms with E-state index in [0.29, 0.717) is 46.7 Å². The molecule has 3 aromatic carbocycles. The van der Waals surface area contributed by atoms with Crippen molar-refractivity contribution in [2.45, 2.75) is 38.7 Å². The van der Waals surface area contributed by atoms with Crippen LogP contribution in [0.3, 0.4) is 0 Å². The maximum absolute atomic E-state index is 11.2. The van der Waals surface area contributed by atoms with Gasteiger partial charge in [0, 0.05) is 35.8 Å². The average Bonchev–Trinajstić information content (AvgIpc) is 3.64. The van der Waals surface area contributed by atoms with Gasteiger partial charge in [0.1, 0.15) is 11.5 Å². The third-order valence-electron chi connectivity index (χ3n) is 7.60. The molecule has 5 aromatic rings. The van der Waals surface area contributed by atoms with Crippen LogP contribution in [-0.4, -0.2) is 87.6 Å². The van der Waals surface area contributed by atoms with Gasteiger partial charge in [-0.3, -0.25) is 0 Å². The molecule has 1 saturated heterocycles. The minimum Gasteiger partial charge on any atom is -0.508 e. The van der Waals surface area contributed by atoms with E-state index in [9.17, 15) is 15.3 Å². The van der Waals surface area contributed by atoms with Gasteiger partial charge in [-0.05, 0) is 113 Å². The smallest absolute Gasteiger partial charge is 0.173 e. The second-order valence-corrected chi connectivity index (χ2v) is 10.6. The van der Waals surface area contributed by atoms with E-state index in [1.54, 1.807) is 50.5 Å². The molecular weight excluding hydrogens is 562 g/mol. The largest absolute Gasteiger partial charge is 0.508 e. The molecule has 6 rings (SSSR count). The van der Waals surface area contributed by atoms with E-state index in [2.05, 4.69) is 52.2 Å². The second-order valence-electron chi connectivity index (χ2n) is 10.6. The van der Waals surface area contributed by atoms with Crippen LogP contribution in [0.4, 0.5) is 5.69 Å². The van der Waals surface area contributed by atoms with Crippen LogP contribution in [0, 0.1) is 13.8 Å². The maximum atomic E-state index is 11.2. The predicted octanol–water partition coefficient (Wildman–Crippen LogP) is 2.59. The SMILES string of the molecule is Cc1nnnn1/N=C/c1ccc(O)c(C(c2cccc(N3CCC(O)CC3)c2)c2cc(/C=N/n3nnnc3C)ccc2O)c1. The van der Waals surface area contributed by atoms with E-state index < -0.39 is 5.92 Å². The van der Waals surface area contributed by atoms with Gasteiger partial charge < -0.3 is 20.2 Å². The molecule has 44 heavy (non-hydrogen) atoms. The third kappa shape index (κ3) is 6.15. The third-order valence-corrected chi connectivity index (χ3v) is 7.60. The molecule has 1 fully saturated rings. The zero-order valence-electron chi connectivity index (χ0n) is 24.2. The number of nitrogens with zero attached hydrogens (tertiary/aromatic N) is 11. The van der Waals surface area contributed by atoms with Gasteiger partial charge in [-0.15, -0.1) is 19.8 Å². The van der Waals surface area contributed by atoms with Crippen LogP contribution < -0.4 is 4.90 Å². The highest BCUT2D eigenvalue weighted by Crippen LogP contribution is 2.42. The maximum Gasteiger partial charge on any atom is 0.173 e. The zero-order valence-corrected chi connectivity index (χ0v) is 24.2. The molecular formula is C30H31N11O3. The van der Waals surface area contributed by atoms with Gasteiger partial charge in [0.05, 0.1) is 18.5 Å². The summed E-state index contributed by atoms with van der Waals surface area (Å²) >= 11 is 0. The van der Waals surface area contributed by atoms with Crippen molar-refractivity contribution in [3.05, 3.63) is 100 Å². The summed E-state index contributed by atoms with van der Waals surface area (Å²) in [5.74, 6) is 0.595. The Bertz CT molecular complexity index is 1720. The van der Waals surface area contributed by atoms with Gasteiger partial charge in [0.25, 0.3) is 0 Å². The lowest BCUT2D eigenvalue weighted by Crippen LogP contribution is -2.35. The lowest BCUT2D eigenvalue weighted by molar-refractivity contribution is 0.145. The number of rotatable bonds is 8. The molecule has 0 saturated carbocycles. The van der Waals surface area contributed by atoms with Crippen molar-refractivity contribution in [2.24, 2.45) is 10.2 Å². The van der Waals surface area contributed by atoms with Crippen LogP contribution in [0.25, 0.3) is 0 Å². The number of anilines is 1. The summed E-state index contributed by atoms with van der Waals surface area (Å²) in [5.41, 5.74) is 4.38. The number of hydrogen-bond donors (Lipinski definition) is 3. The van der Waals surface area contributed by atoms with E-state index >= 15 is 0 Å². The molecule has 14 nitrogen and oxygen atoms in total. The fraction of sp³-hybridized carbons (Fsp3) is 0.267. The first-order valence-electron chi connectivity index (χ1n) is 14.1. The van der Waals surface area contributed by atoms with Gasteiger partial charge >= 0.3 is 0 Å². The number of tetrazole rings is 2. The van der Waals surface area contributed by atoms with Gasteiger partial charge in [0.2, 0.25) is 0 Å². The van der Waals surface area contributed by atoms with Crippen LogP contribution in [0.1, 0.15) is 58.2 Å². The first-order chi connectivity index (χ1) is 21.4. The minimum atomic E-state index is -0.573. The van der Waals surface area contributed by atoms with E-state index in [1.165, 1.54) is 9.58 Å². The van der Waals surface area contributed by atoms with Gasteiger partial charge in [0.15, 0.2) is 11.6 Å². The number of hydrogen-bond acceptors (Lipinski definition) is 12. The van der Waals surface area contributed by atoms with Crippen LogP contribution in [-0.2, 0) is 0 Å². The molecule has 0 unspecified atom stereocenters. The highest BCUT2D eigenvalue weighted by Gasteiger charge is 2.25. The molecule has 224 valence electrons. The molecule has 3 heterocycles. The van der Waals surface area contributed by atoms with Crippen molar-refractivity contribution < 1.29 is 15.3 Å². The Labute approximate surface area is 252 Å². The highest BCUT2D eigenvalue weighted by molar-refractivity contribution is 5.82. The van der Waals surface area contributed by atoms with Crippen molar-refractivity contribution >= 4 is 18.1 Å². The molecule has 0 atom stereocenters. The summed E-state index contributed by atoms with van der Waals surface area (Å²) < 4.78 is 0. The van der Waals surface area contributed by atoms with Crippen molar-refractivity contribution in [1.29, 1.82) is 0 Å². The molecule has 0 aliphatic carbocycles. The number of phenols is 2. The van der Waals surface area contributed by atoms with E-state index in [0.717, 1.165) is 24.3 Å². The van der Waals surface area contributed by atoms with E-state index in [-0.39, 0.29) is 17.6 Å². The number of aryl methyl sites for hydroxylation is 2. The van der Waals surface area contributed by atoms with E-state index in [1.807, 2.05) is 30.3 Å². The molecule has 1 aliphatic rings. The number of phenolic OH excluding ortho intramolecular Hbond substituents is 2. The summed E-state index contributed by atoms with van der Waals surface area (Å²) in [6.45, 7) is 4.95. The number of aliphatic hydroxyl groups excluding tert-OH is 1. The highest BCUT2D eigenvalue weighted by atomic mass is 16.3. The molecule has 3 N–H and O–H groups in total. The number of aliphatic hydroxyl groups is 1. The Hall–Kier alpha value is -5.50. The minimum absolute atomic E-state index is 0.0556. The fourth-order valence-corrected chi connectivity index (χ4v) is 5.23. The number of aromatic hydroxyl groups is 2. The quantitative estimate of drug-likeness (QED) is 0.179. The summed E-state index contributed by atoms with van der Waals surface area (Å²) in [7, 11) is 0. The lowest BCUT2D eigenvalue weighted by atomic mass is 9.82. The molecule has 0 radical (unpaired) electrons.